The van der Waals surface area contributed by atoms with Crippen molar-refractivity contribution in [1.29, 1.82) is 0 Å². The Labute approximate surface area is 49.1 Å². The molecule has 0 aliphatic heterocycles. The van der Waals surface area contributed by atoms with E-state index >= 15 is 0 Å². The Kier molecular flexibility index (Phi) is 6.78. The van der Waals surface area contributed by atoms with Crippen LogP contribution in [0.1, 0.15) is 13.3 Å². The summed E-state index contributed by atoms with van der Waals surface area (Å²) in [5.74, 6) is 0. The van der Waals surface area contributed by atoms with Crippen molar-refractivity contribution in [2.75, 3.05) is 19.8 Å². The molecule has 1 N–H and O–H groups in total. The molecule has 0 fully saturated rings. The summed E-state index contributed by atoms with van der Waals surface area (Å²) < 4.78 is 4.94. The summed E-state index contributed by atoms with van der Waals surface area (Å²) in [5.41, 5.74) is 0. The molecule has 0 aliphatic carbocycles. The van der Waals surface area contributed by atoms with Gasteiger partial charge in [0.2, 0.25) is 0 Å². The van der Waals surface area contributed by atoms with Crippen LogP contribution in [-0.4, -0.2) is 25.1 Å². The van der Waals surface area contributed by atoms with E-state index in [9.17, 15) is 0 Å². The van der Waals surface area contributed by atoms with Gasteiger partial charge in [0.15, 0.2) is 0 Å². The van der Waals surface area contributed by atoms with Gasteiger partial charge >= 0.3 is 0 Å². The Bertz CT molecular complexity index is 32.7. The van der Waals surface area contributed by atoms with Crippen LogP contribution in [0.25, 0.3) is 0 Å². The van der Waals surface area contributed by atoms with Crippen molar-refractivity contribution in [3.8, 4) is 0 Å². The molecule has 0 unspecified atom stereocenters. The number of hydrogen-bond acceptors (Lipinski definition) is 3. The topological polar surface area (TPSA) is 38.7 Å². The molecule has 0 aromatic carbocycles. The van der Waals surface area contributed by atoms with Crippen LogP contribution in [0.3, 0.4) is 0 Å². The van der Waals surface area contributed by atoms with Crippen molar-refractivity contribution >= 4 is 0 Å². The van der Waals surface area contributed by atoms with Crippen LogP contribution >= 0.6 is 0 Å². The van der Waals surface area contributed by atoms with E-state index in [1.165, 1.54) is 0 Å². The fraction of sp³-hybridized carbons (Fsp3) is 1.00. The van der Waals surface area contributed by atoms with Crippen LogP contribution in [0.2, 0.25) is 0 Å². The summed E-state index contributed by atoms with van der Waals surface area (Å²) in [4.78, 5) is 3.81. The molecule has 0 spiro atoms. The van der Waals surface area contributed by atoms with Gasteiger partial charge in [-0.15, -0.1) is 0 Å². The van der Waals surface area contributed by atoms with E-state index in [2.05, 4.69) is 4.89 Å². The summed E-state index contributed by atoms with van der Waals surface area (Å²) in [7, 11) is 0. The molecule has 3 nitrogen and oxygen atoms in total. The number of hydrogen-bond donors (Lipinski definition) is 1. The van der Waals surface area contributed by atoms with Crippen LogP contribution in [0.4, 0.5) is 0 Å². The molecule has 0 radical (unpaired) electrons. The molecule has 0 saturated carbocycles. The van der Waals surface area contributed by atoms with Crippen molar-refractivity contribution in [2.24, 2.45) is 0 Å². The Morgan fingerprint density at radius 3 is 2.62 bits per heavy atom. The van der Waals surface area contributed by atoms with Gasteiger partial charge in [0.25, 0.3) is 0 Å². The lowest BCUT2D eigenvalue weighted by Gasteiger charge is -1.96. The minimum Gasteiger partial charge on any atom is -0.382 e. The van der Waals surface area contributed by atoms with Gasteiger partial charge in [-0.05, 0) is 13.3 Å². The first-order valence-corrected chi connectivity index (χ1v) is 2.76. The molecular weight excluding hydrogens is 108 g/mol. The van der Waals surface area contributed by atoms with Gasteiger partial charge in [0.05, 0.1) is 6.61 Å². The average Bonchev–Trinajstić information content (AvgIpc) is 1.81. The maximum Gasteiger partial charge on any atom is 0.0841 e. The van der Waals surface area contributed by atoms with Crippen LogP contribution in [0, 0.1) is 0 Å². The Morgan fingerprint density at radius 2 is 2.12 bits per heavy atom. The monoisotopic (exact) mass is 120 g/mol. The molecule has 0 aromatic heterocycles. The van der Waals surface area contributed by atoms with Crippen LogP contribution in [0.5, 0.6) is 0 Å². The normalized spacial score (nSPS) is 9.75. The molecule has 0 aromatic rings. The van der Waals surface area contributed by atoms with Crippen LogP contribution < -0.4 is 0 Å². The molecular formula is C5H12O3. The lowest BCUT2D eigenvalue weighted by molar-refractivity contribution is -0.244. The third-order valence-electron chi connectivity index (χ3n) is 0.728. The first kappa shape index (κ1) is 7.88. The van der Waals surface area contributed by atoms with Gasteiger partial charge in [-0.1, -0.05) is 0 Å². The van der Waals surface area contributed by atoms with E-state index in [4.69, 9.17) is 9.99 Å². The second-order valence-corrected chi connectivity index (χ2v) is 1.38. The zero-order chi connectivity index (χ0) is 6.24. The van der Waals surface area contributed by atoms with Crippen molar-refractivity contribution < 1.29 is 14.9 Å². The molecule has 0 atom stereocenters. The van der Waals surface area contributed by atoms with Gasteiger partial charge in [-0.25, -0.2) is 4.89 Å². The molecule has 50 valence electrons. The second-order valence-electron chi connectivity index (χ2n) is 1.38. The highest BCUT2D eigenvalue weighted by atomic mass is 17.1. The standard InChI is InChI=1S/C5H12O3/c1-2-7-4-3-5-8-6/h6H,2-5H2,1H3. The summed E-state index contributed by atoms with van der Waals surface area (Å²) >= 11 is 0. The van der Waals surface area contributed by atoms with Gasteiger partial charge in [0.1, 0.15) is 0 Å². The summed E-state index contributed by atoms with van der Waals surface area (Å²) in [6.07, 6.45) is 0.754. The highest BCUT2D eigenvalue weighted by Crippen LogP contribution is 1.80. The lowest BCUT2D eigenvalue weighted by atomic mass is 10.5. The Hall–Kier alpha value is -0.120. The van der Waals surface area contributed by atoms with E-state index in [0.29, 0.717) is 13.2 Å². The van der Waals surface area contributed by atoms with E-state index in [1.807, 2.05) is 6.92 Å². The predicted octanol–water partition coefficient (Wildman–Crippen LogP) is 0.903. The van der Waals surface area contributed by atoms with Gasteiger partial charge in [-0.2, -0.15) is 0 Å². The van der Waals surface area contributed by atoms with Crippen LogP contribution in [0.15, 0.2) is 0 Å². The minimum atomic E-state index is 0.361. The van der Waals surface area contributed by atoms with Crippen molar-refractivity contribution in [3.05, 3.63) is 0 Å². The molecule has 0 rings (SSSR count). The first-order valence-electron chi connectivity index (χ1n) is 2.76. The van der Waals surface area contributed by atoms with Crippen LogP contribution in [-0.2, 0) is 9.62 Å². The minimum absolute atomic E-state index is 0.361. The molecule has 0 saturated heterocycles. The number of ether oxygens (including phenoxy) is 1. The van der Waals surface area contributed by atoms with E-state index < -0.39 is 0 Å². The average molecular weight is 120 g/mol. The fourth-order valence-electron chi connectivity index (χ4n) is 0.370. The largest absolute Gasteiger partial charge is 0.382 e. The second kappa shape index (κ2) is 6.88. The smallest absolute Gasteiger partial charge is 0.0841 e. The third kappa shape index (κ3) is 5.88. The first-order chi connectivity index (χ1) is 3.91. The zero-order valence-corrected chi connectivity index (χ0v) is 5.09. The number of rotatable bonds is 5. The van der Waals surface area contributed by atoms with Gasteiger partial charge in [-0.3, -0.25) is 5.26 Å². The fourth-order valence-corrected chi connectivity index (χ4v) is 0.370. The van der Waals surface area contributed by atoms with E-state index in [1.54, 1.807) is 0 Å². The molecule has 0 aliphatic rings. The highest BCUT2D eigenvalue weighted by Gasteiger charge is 1.83. The molecule has 0 heterocycles. The van der Waals surface area contributed by atoms with E-state index in [0.717, 1.165) is 13.0 Å². The Morgan fingerprint density at radius 1 is 1.38 bits per heavy atom. The summed E-state index contributed by atoms with van der Waals surface area (Å²) in [6.45, 7) is 3.68. The van der Waals surface area contributed by atoms with Crippen molar-refractivity contribution in [2.45, 2.75) is 13.3 Å². The molecule has 0 bridgehead atoms. The van der Waals surface area contributed by atoms with E-state index in [-0.39, 0.29) is 0 Å². The quantitative estimate of drug-likeness (QED) is 0.333. The SMILES string of the molecule is CCOCCCOO. The summed E-state index contributed by atoms with van der Waals surface area (Å²) in [5, 5.41) is 7.81. The lowest BCUT2D eigenvalue weighted by Crippen LogP contribution is -1.97. The maximum atomic E-state index is 7.81. The maximum absolute atomic E-state index is 7.81. The zero-order valence-electron chi connectivity index (χ0n) is 5.09. The molecule has 8 heavy (non-hydrogen) atoms. The van der Waals surface area contributed by atoms with Gasteiger partial charge in [0, 0.05) is 13.2 Å². The van der Waals surface area contributed by atoms with Crippen molar-refractivity contribution in [1.82, 2.24) is 0 Å². The van der Waals surface area contributed by atoms with Crippen molar-refractivity contribution in [3.63, 3.8) is 0 Å². The predicted molar refractivity (Wildman–Crippen MR) is 29.7 cm³/mol. The van der Waals surface area contributed by atoms with Gasteiger partial charge < -0.3 is 4.74 Å². The summed E-state index contributed by atoms with van der Waals surface area (Å²) in [6, 6.07) is 0. The Balaban J connectivity index is 2.53. The molecule has 0 amide bonds. The molecule has 3 heteroatoms. The highest BCUT2D eigenvalue weighted by molar-refractivity contribution is 4.29. The third-order valence-corrected chi connectivity index (χ3v) is 0.728.